The topological polar surface area (TPSA) is 8.17 Å². The van der Waals surface area contributed by atoms with Gasteiger partial charge in [0.15, 0.2) is 0 Å². The lowest BCUT2D eigenvalue weighted by Crippen LogP contribution is -2.09. The highest BCUT2D eigenvalue weighted by molar-refractivity contribution is 6.24. The third-order valence-electron chi connectivity index (χ3n) is 11.3. The largest absolute Gasteiger partial charge is 0.310 e. The van der Waals surface area contributed by atoms with E-state index in [-0.39, 0.29) is 0 Å². The third-order valence-corrected chi connectivity index (χ3v) is 11.3. The van der Waals surface area contributed by atoms with E-state index in [9.17, 15) is 0 Å². The molecule has 56 heavy (non-hydrogen) atoms. The number of para-hydroxylation sites is 3. The molecular weight excluding hydrogens is 677 g/mol. The Morgan fingerprint density at radius 2 is 0.911 bits per heavy atom. The zero-order chi connectivity index (χ0) is 37.0. The maximum absolute atomic E-state index is 2.44. The van der Waals surface area contributed by atoms with Crippen LogP contribution in [0.2, 0.25) is 0 Å². The van der Waals surface area contributed by atoms with Gasteiger partial charge in [-0.15, -0.1) is 0 Å². The normalized spacial score (nSPS) is 11.6. The van der Waals surface area contributed by atoms with Crippen LogP contribution >= 0.6 is 0 Å². The lowest BCUT2D eigenvalue weighted by molar-refractivity contribution is 1.19. The van der Waals surface area contributed by atoms with Crippen LogP contribution in [-0.4, -0.2) is 4.57 Å². The predicted octanol–water partition coefficient (Wildman–Crippen LogP) is 15.0. The van der Waals surface area contributed by atoms with Crippen molar-refractivity contribution in [1.82, 2.24) is 4.57 Å². The van der Waals surface area contributed by atoms with Gasteiger partial charge in [0, 0.05) is 38.9 Å². The van der Waals surface area contributed by atoms with Crippen molar-refractivity contribution in [2.45, 2.75) is 0 Å². The summed E-state index contributed by atoms with van der Waals surface area (Å²) in [4.78, 5) is 2.37. The molecule has 0 bridgehead atoms. The van der Waals surface area contributed by atoms with Crippen molar-refractivity contribution >= 4 is 71.2 Å². The smallest absolute Gasteiger partial charge is 0.0625 e. The number of hydrogen-bond donors (Lipinski definition) is 0. The number of anilines is 3. The predicted molar refractivity (Wildman–Crippen MR) is 239 cm³/mol. The highest BCUT2D eigenvalue weighted by Crippen LogP contribution is 2.44. The number of benzene rings is 10. The monoisotopic (exact) mass is 712 g/mol. The lowest BCUT2D eigenvalue weighted by atomic mass is 9.94. The molecule has 0 spiro atoms. The Labute approximate surface area is 325 Å². The SMILES string of the molecule is c1ccc(N(c2ccc(-c3ccc4c(ccc5ccccc54)c3)cc2)c2cccc(-c3cc4ccccc4c4c3c3ccccc3n4-c3ccccc3)c2)cc1. The van der Waals surface area contributed by atoms with Crippen LogP contribution in [0.5, 0.6) is 0 Å². The van der Waals surface area contributed by atoms with E-state index in [1.54, 1.807) is 0 Å². The van der Waals surface area contributed by atoms with Crippen molar-refractivity contribution in [2.24, 2.45) is 0 Å². The number of rotatable bonds is 6. The van der Waals surface area contributed by atoms with E-state index < -0.39 is 0 Å². The molecule has 0 saturated heterocycles. The van der Waals surface area contributed by atoms with Crippen LogP contribution in [0.15, 0.2) is 218 Å². The molecule has 262 valence electrons. The average Bonchev–Trinajstić information content (AvgIpc) is 3.63. The van der Waals surface area contributed by atoms with Gasteiger partial charge < -0.3 is 9.47 Å². The van der Waals surface area contributed by atoms with Crippen molar-refractivity contribution in [3.63, 3.8) is 0 Å². The van der Waals surface area contributed by atoms with Gasteiger partial charge in [0.05, 0.1) is 11.0 Å². The lowest BCUT2D eigenvalue weighted by Gasteiger charge is -2.26. The Morgan fingerprint density at radius 1 is 0.321 bits per heavy atom. The zero-order valence-electron chi connectivity index (χ0n) is 30.7. The molecule has 2 nitrogen and oxygen atoms in total. The summed E-state index contributed by atoms with van der Waals surface area (Å²) in [5.74, 6) is 0. The van der Waals surface area contributed by atoms with E-state index in [0.29, 0.717) is 0 Å². The summed E-state index contributed by atoms with van der Waals surface area (Å²) >= 11 is 0. The molecule has 0 N–H and O–H groups in total. The van der Waals surface area contributed by atoms with E-state index in [1.807, 2.05) is 0 Å². The van der Waals surface area contributed by atoms with Gasteiger partial charge in [0.1, 0.15) is 0 Å². The molecule has 0 aliphatic rings. The molecule has 0 amide bonds. The van der Waals surface area contributed by atoms with Crippen LogP contribution in [-0.2, 0) is 0 Å². The van der Waals surface area contributed by atoms with Crippen molar-refractivity contribution in [1.29, 1.82) is 0 Å². The van der Waals surface area contributed by atoms with Gasteiger partial charge in [-0.1, -0.05) is 152 Å². The number of hydrogen-bond acceptors (Lipinski definition) is 1. The van der Waals surface area contributed by atoms with Gasteiger partial charge >= 0.3 is 0 Å². The van der Waals surface area contributed by atoms with Gasteiger partial charge in [-0.05, 0) is 116 Å². The molecule has 0 fully saturated rings. The molecule has 0 atom stereocenters. The minimum Gasteiger partial charge on any atom is -0.310 e. The molecule has 10 aromatic carbocycles. The molecule has 0 aliphatic heterocycles. The second-order valence-corrected chi connectivity index (χ2v) is 14.5. The van der Waals surface area contributed by atoms with Crippen LogP contribution in [0, 0.1) is 0 Å². The molecule has 11 aromatic rings. The molecule has 0 radical (unpaired) electrons. The van der Waals surface area contributed by atoms with Crippen LogP contribution in [0.1, 0.15) is 0 Å². The Morgan fingerprint density at radius 3 is 1.73 bits per heavy atom. The fourth-order valence-corrected chi connectivity index (χ4v) is 8.74. The van der Waals surface area contributed by atoms with Gasteiger partial charge in [0.25, 0.3) is 0 Å². The minimum absolute atomic E-state index is 1.10. The summed E-state index contributed by atoms with van der Waals surface area (Å²) < 4.78 is 2.44. The Hall–Kier alpha value is -7.42. The highest BCUT2D eigenvalue weighted by Gasteiger charge is 2.20. The molecule has 0 unspecified atom stereocenters. The fourth-order valence-electron chi connectivity index (χ4n) is 8.74. The Kier molecular flexibility index (Phi) is 7.53. The standard InChI is InChI=1S/C54H36N2/c1-3-17-43(18-4-1)55(45-31-28-37(29-32-45)39-30-33-48-42(34-39)27-26-38-14-7-9-22-47(38)48)46-21-13-16-40(35-46)51-36-41-15-8-10-23-49(41)54-53(51)50-24-11-12-25-52(50)56(54)44-19-5-2-6-20-44/h1-36H. The van der Waals surface area contributed by atoms with Crippen LogP contribution < -0.4 is 4.90 Å². The summed E-state index contributed by atoms with van der Waals surface area (Å²) in [7, 11) is 0. The first kappa shape index (κ1) is 32.0. The second kappa shape index (κ2) is 13.2. The van der Waals surface area contributed by atoms with E-state index in [0.717, 1.165) is 22.7 Å². The van der Waals surface area contributed by atoms with Crippen molar-refractivity contribution in [2.75, 3.05) is 4.90 Å². The van der Waals surface area contributed by atoms with Gasteiger partial charge in [-0.3, -0.25) is 0 Å². The highest BCUT2D eigenvalue weighted by atomic mass is 15.1. The molecular formula is C54H36N2. The second-order valence-electron chi connectivity index (χ2n) is 14.5. The van der Waals surface area contributed by atoms with Gasteiger partial charge in [-0.2, -0.15) is 0 Å². The van der Waals surface area contributed by atoms with Gasteiger partial charge in [0.2, 0.25) is 0 Å². The van der Waals surface area contributed by atoms with Crippen LogP contribution in [0.3, 0.4) is 0 Å². The number of aromatic nitrogens is 1. The van der Waals surface area contributed by atoms with E-state index in [2.05, 4.69) is 228 Å². The minimum atomic E-state index is 1.10. The first-order valence-electron chi connectivity index (χ1n) is 19.3. The molecule has 11 rings (SSSR count). The molecule has 0 aliphatic carbocycles. The number of fused-ring (bicyclic) bond motifs is 8. The quantitative estimate of drug-likeness (QED) is 0.156. The summed E-state index contributed by atoms with van der Waals surface area (Å²) in [6, 6.07) is 79.4. The van der Waals surface area contributed by atoms with Crippen LogP contribution in [0.25, 0.3) is 82.1 Å². The van der Waals surface area contributed by atoms with Gasteiger partial charge in [-0.25, -0.2) is 0 Å². The molecule has 1 heterocycles. The maximum Gasteiger partial charge on any atom is 0.0625 e. The molecule has 2 heteroatoms. The third kappa shape index (κ3) is 5.26. The summed E-state index contributed by atoms with van der Waals surface area (Å²) in [5, 5.41) is 10.1. The Balaban J connectivity index is 1.06. The first-order valence-corrected chi connectivity index (χ1v) is 19.3. The van der Waals surface area contributed by atoms with Crippen molar-refractivity contribution < 1.29 is 0 Å². The van der Waals surface area contributed by atoms with Crippen molar-refractivity contribution in [3.05, 3.63) is 218 Å². The van der Waals surface area contributed by atoms with E-state index in [1.165, 1.54) is 76.4 Å². The summed E-state index contributed by atoms with van der Waals surface area (Å²) in [5.41, 5.74) is 11.7. The van der Waals surface area contributed by atoms with Crippen molar-refractivity contribution in [3.8, 4) is 27.9 Å². The average molecular weight is 713 g/mol. The first-order chi connectivity index (χ1) is 27.8. The fraction of sp³-hybridized carbons (Fsp3) is 0. The number of nitrogens with zero attached hydrogens (tertiary/aromatic N) is 2. The summed E-state index contributed by atoms with van der Waals surface area (Å²) in [6.45, 7) is 0. The van der Waals surface area contributed by atoms with E-state index in [4.69, 9.17) is 0 Å². The Bertz CT molecular complexity index is 3230. The van der Waals surface area contributed by atoms with E-state index >= 15 is 0 Å². The molecule has 0 saturated carbocycles. The maximum atomic E-state index is 2.44. The molecule has 1 aromatic heterocycles. The zero-order valence-corrected chi connectivity index (χ0v) is 30.7. The van der Waals surface area contributed by atoms with Crippen LogP contribution in [0.4, 0.5) is 17.1 Å². The summed E-state index contributed by atoms with van der Waals surface area (Å²) in [6.07, 6.45) is 0.